The van der Waals surface area contributed by atoms with Gasteiger partial charge in [0.25, 0.3) is 5.65 Å². The van der Waals surface area contributed by atoms with Crippen LogP contribution in [0, 0.1) is 0 Å². The molecule has 13 heavy (non-hydrogen) atoms. The molecular weight excluding hydrogens is 168 g/mol. The highest BCUT2D eigenvalue weighted by Gasteiger charge is 2.14. The van der Waals surface area contributed by atoms with Crippen LogP contribution in [-0.4, -0.2) is 10.8 Å². The number of aldehydes is 1. The van der Waals surface area contributed by atoms with Crippen molar-refractivity contribution in [1.82, 2.24) is 4.57 Å². The van der Waals surface area contributed by atoms with Gasteiger partial charge in [-0.25, -0.2) is 8.97 Å². The van der Waals surface area contributed by atoms with Crippen LogP contribution in [0.5, 0.6) is 5.88 Å². The minimum Gasteiger partial charge on any atom is -0.839 e. The number of carbonyl (C=O) groups excluding carboxylic acids is 1. The first-order valence-electron chi connectivity index (χ1n) is 4.30. The van der Waals surface area contributed by atoms with Crippen LogP contribution in [0.25, 0.3) is 5.65 Å². The van der Waals surface area contributed by atoms with Crippen molar-refractivity contribution < 1.29 is 15.7 Å². The van der Waals surface area contributed by atoms with E-state index in [0.717, 1.165) is 0 Å². The van der Waals surface area contributed by atoms with Gasteiger partial charge in [-0.3, -0.25) is 4.79 Å². The summed E-state index contributed by atoms with van der Waals surface area (Å²) < 4.78 is 9.74. The van der Waals surface area contributed by atoms with Gasteiger partial charge in [0.1, 0.15) is 7.25 Å². The van der Waals surface area contributed by atoms with E-state index in [1.807, 2.05) is 0 Å². The zero-order chi connectivity index (χ0) is 10.3. The number of hydrogen-bond acceptors (Lipinski definition) is 2. The lowest BCUT2D eigenvalue weighted by atomic mass is 10.5. The molecule has 0 aromatic carbocycles. The van der Waals surface area contributed by atoms with Gasteiger partial charge in [-0.1, -0.05) is 6.07 Å². The van der Waals surface area contributed by atoms with Crippen LogP contribution < -0.4 is 9.51 Å². The van der Waals surface area contributed by atoms with Gasteiger partial charge >= 0.3 is 0 Å². The van der Waals surface area contributed by atoms with E-state index in [1.54, 1.807) is 31.4 Å². The van der Waals surface area contributed by atoms with Gasteiger partial charge in [0, 0.05) is 6.07 Å². The van der Waals surface area contributed by atoms with Crippen molar-refractivity contribution >= 4 is 11.9 Å². The summed E-state index contributed by atoms with van der Waals surface area (Å²) in [6, 6.07) is 5.19. The van der Waals surface area contributed by atoms with Gasteiger partial charge in [0.2, 0.25) is 0 Å². The van der Waals surface area contributed by atoms with Gasteiger partial charge in [-0.2, -0.15) is 0 Å². The molecular formula is C9H8N2O2. The fourth-order valence-electron chi connectivity index (χ4n) is 1.36. The lowest BCUT2D eigenvalue weighted by Crippen LogP contribution is -2.23. The van der Waals surface area contributed by atoms with Crippen LogP contribution in [0.2, 0.25) is 0 Å². The van der Waals surface area contributed by atoms with E-state index in [1.165, 1.54) is 8.97 Å². The Bertz CT molecular complexity index is 480. The first-order valence-corrected chi connectivity index (χ1v) is 3.80. The second kappa shape index (κ2) is 2.58. The largest absolute Gasteiger partial charge is 0.839 e. The predicted octanol–water partition coefficient (Wildman–Crippen LogP) is -0.350. The molecule has 0 N–H and O–H groups in total. The van der Waals surface area contributed by atoms with Gasteiger partial charge in [0.05, 0.1) is 13.2 Å². The highest BCUT2D eigenvalue weighted by Crippen LogP contribution is 2.09. The maximum atomic E-state index is 11.6. The summed E-state index contributed by atoms with van der Waals surface area (Å²) in [5.41, 5.74) is 0.490. The van der Waals surface area contributed by atoms with Crippen molar-refractivity contribution in [3.8, 4) is 5.88 Å². The van der Waals surface area contributed by atoms with E-state index >= 15 is 0 Å². The fraction of sp³-hybridized carbons (Fsp3) is 0.111. The Balaban J connectivity index is 2.92. The molecule has 4 nitrogen and oxygen atoms in total. The zero-order valence-electron chi connectivity index (χ0n) is 8.02. The third-order valence-electron chi connectivity index (χ3n) is 2.04. The van der Waals surface area contributed by atoms with E-state index in [4.69, 9.17) is 1.37 Å². The lowest BCUT2D eigenvalue weighted by Gasteiger charge is -1.95. The number of imidazole rings is 1. The van der Waals surface area contributed by atoms with Gasteiger partial charge < -0.3 is 5.11 Å². The average molecular weight is 178 g/mol. The minimum atomic E-state index is -0.957. The molecule has 2 heterocycles. The van der Waals surface area contributed by atoms with E-state index < -0.39 is 12.1 Å². The first-order chi connectivity index (χ1) is 6.63. The average Bonchev–Trinajstić information content (AvgIpc) is 2.41. The Kier molecular flexibility index (Phi) is 1.32. The summed E-state index contributed by atoms with van der Waals surface area (Å²) in [5.74, 6) is -0.442. The minimum absolute atomic E-state index is 0.115. The molecule has 4 heteroatoms. The number of rotatable bonds is 1. The number of hydrogen-bond donors (Lipinski definition) is 0. The fourth-order valence-corrected chi connectivity index (χ4v) is 1.36. The molecule has 0 amide bonds. The van der Waals surface area contributed by atoms with Crippen molar-refractivity contribution in [2.75, 3.05) is 0 Å². The van der Waals surface area contributed by atoms with Crippen molar-refractivity contribution in [3.05, 3.63) is 30.1 Å². The van der Waals surface area contributed by atoms with Crippen LogP contribution in [0.15, 0.2) is 24.4 Å². The van der Waals surface area contributed by atoms with Crippen LogP contribution in [-0.2, 0) is 7.05 Å². The van der Waals surface area contributed by atoms with E-state index in [0.29, 0.717) is 5.65 Å². The Labute approximate surface area is 76.1 Å². The lowest BCUT2D eigenvalue weighted by molar-refractivity contribution is -0.582. The monoisotopic (exact) mass is 178 g/mol. The number of pyridine rings is 1. The van der Waals surface area contributed by atoms with Crippen LogP contribution >= 0.6 is 0 Å². The highest BCUT2D eigenvalue weighted by atomic mass is 16.3. The summed E-state index contributed by atoms with van der Waals surface area (Å²) >= 11 is 0. The van der Waals surface area contributed by atoms with Crippen molar-refractivity contribution in [3.63, 3.8) is 0 Å². The smallest absolute Gasteiger partial charge is 0.286 e. The van der Waals surface area contributed by atoms with Crippen molar-refractivity contribution in [2.45, 2.75) is 0 Å². The molecule has 0 spiro atoms. The number of aryl methyl sites for hydroxylation is 1. The normalized spacial score (nSPS) is 11.6. The molecule has 0 bridgehead atoms. The summed E-state index contributed by atoms with van der Waals surface area (Å²) in [6.45, 7) is 0. The van der Waals surface area contributed by atoms with Crippen molar-refractivity contribution in [1.29, 1.82) is 0 Å². The number of nitrogens with zero attached hydrogens (tertiary/aromatic N) is 2. The number of aromatic nitrogens is 2. The topological polar surface area (TPSA) is 49.2 Å². The van der Waals surface area contributed by atoms with E-state index in [9.17, 15) is 9.90 Å². The molecule has 0 radical (unpaired) electrons. The Morgan fingerprint density at radius 1 is 1.69 bits per heavy atom. The van der Waals surface area contributed by atoms with E-state index in [-0.39, 0.29) is 5.69 Å². The number of fused-ring (bicyclic) bond motifs is 1. The summed E-state index contributed by atoms with van der Waals surface area (Å²) in [4.78, 5) is 10.9. The van der Waals surface area contributed by atoms with Gasteiger partial charge in [-0.05, 0) is 6.07 Å². The van der Waals surface area contributed by atoms with Gasteiger partial charge in [0.15, 0.2) is 12.0 Å². The Morgan fingerprint density at radius 3 is 3.08 bits per heavy atom. The van der Waals surface area contributed by atoms with Crippen LogP contribution in [0.4, 0.5) is 0 Å². The second-order valence-electron chi connectivity index (χ2n) is 2.74. The molecule has 2 aromatic heterocycles. The van der Waals surface area contributed by atoms with Crippen LogP contribution in [0.3, 0.4) is 0 Å². The summed E-state index contributed by atoms with van der Waals surface area (Å²) in [7, 11) is 1.60. The third-order valence-corrected chi connectivity index (χ3v) is 2.04. The maximum Gasteiger partial charge on any atom is 0.286 e. The van der Waals surface area contributed by atoms with Crippen molar-refractivity contribution in [2.24, 2.45) is 7.05 Å². The molecule has 0 aliphatic carbocycles. The molecule has 66 valence electrons. The molecule has 0 unspecified atom stereocenters. The number of carbonyl (C=O) groups is 1. The predicted molar refractivity (Wildman–Crippen MR) is 43.4 cm³/mol. The summed E-state index contributed by atoms with van der Waals surface area (Å²) in [6.07, 6.45) is 0.616. The zero-order valence-corrected chi connectivity index (χ0v) is 7.02. The molecule has 0 saturated heterocycles. The molecule has 2 aromatic rings. The first kappa shape index (κ1) is 6.65. The Morgan fingerprint density at radius 2 is 2.46 bits per heavy atom. The molecule has 0 saturated carbocycles. The second-order valence-corrected chi connectivity index (χ2v) is 2.74. The Hall–Kier alpha value is -1.84. The molecule has 0 aliphatic rings. The summed E-state index contributed by atoms with van der Waals surface area (Å²) in [5, 5.41) is 11.6. The SMILES string of the molecule is [3H]C(=O)c1c([O-])[n+]2ccccc2n1C. The van der Waals surface area contributed by atoms with Crippen LogP contribution in [0.1, 0.15) is 11.9 Å². The molecule has 0 aliphatic heterocycles. The standard InChI is InChI=1S/C9H8N2O2/c1-10-7(6-12)9(13)11-5-3-2-4-8(10)11/h2-6H,1H3/i6T. The molecule has 2 rings (SSSR count). The van der Waals surface area contributed by atoms with E-state index in [2.05, 4.69) is 0 Å². The third kappa shape index (κ3) is 0.917. The highest BCUT2D eigenvalue weighted by molar-refractivity contribution is 5.76. The van der Waals surface area contributed by atoms with Gasteiger partial charge in [-0.15, -0.1) is 0 Å². The quantitative estimate of drug-likeness (QED) is 0.442. The maximum absolute atomic E-state index is 11.6. The molecule has 0 fully saturated rings. The molecule has 0 atom stereocenters.